The number of anilines is 2. The molecule has 1 aliphatic rings. The highest BCUT2D eigenvalue weighted by Crippen LogP contribution is 2.33. The Balaban J connectivity index is 1.77. The molecule has 7 nitrogen and oxygen atoms in total. The van der Waals surface area contributed by atoms with Crippen molar-refractivity contribution in [3.63, 3.8) is 0 Å². The van der Waals surface area contributed by atoms with Gasteiger partial charge >= 0.3 is 6.18 Å². The van der Waals surface area contributed by atoms with Crippen LogP contribution in [-0.2, 0) is 27.4 Å². The molecule has 3 rings (SSSR count). The molecule has 0 fully saturated rings. The lowest BCUT2D eigenvalue weighted by molar-refractivity contribution is -0.137. The van der Waals surface area contributed by atoms with E-state index in [9.17, 15) is 26.4 Å². The lowest BCUT2D eigenvalue weighted by Gasteiger charge is -2.15. The number of fused-ring (bicyclic) bond motifs is 1. The van der Waals surface area contributed by atoms with Crippen LogP contribution in [0, 0.1) is 0 Å². The maximum absolute atomic E-state index is 12.6. The van der Waals surface area contributed by atoms with Crippen LogP contribution in [0.5, 0.6) is 0 Å². The number of hydrogen-bond acceptors (Lipinski definition) is 5. The van der Waals surface area contributed by atoms with Crippen LogP contribution in [-0.4, -0.2) is 25.9 Å². The predicted molar refractivity (Wildman–Crippen MR) is 96.4 cm³/mol. The number of sulfonamides is 1. The molecule has 28 heavy (non-hydrogen) atoms. The van der Waals surface area contributed by atoms with Crippen molar-refractivity contribution in [1.82, 2.24) is 9.82 Å². The molecule has 12 heteroatoms. The van der Waals surface area contributed by atoms with Crippen LogP contribution >= 0.6 is 11.6 Å². The van der Waals surface area contributed by atoms with Crippen LogP contribution in [0.1, 0.15) is 18.1 Å². The Morgan fingerprint density at radius 3 is 2.61 bits per heavy atom. The molecule has 2 heterocycles. The van der Waals surface area contributed by atoms with Crippen molar-refractivity contribution in [2.45, 2.75) is 24.4 Å². The minimum Gasteiger partial charge on any atom is -0.312 e. The summed E-state index contributed by atoms with van der Waals surface area (Å²) >= 11 is 5.74. The first-order chi connectivity index (χ1) is 13.0. The Labute approximate surface area is 163 Å². The number of carbonyl (C=O) groups excluding carboxylic acids is 1. The van der Waals surface area contributed by atoms with Crippen molar-refractivity contribution < 1.29 is 26.4 Å². The first-order valence-corrected chi connectivity index (χ1v) is 9.77. The molecule has 2 N–H and O–H groups in total. The van der Waals surface area contributed by atoms with Gasteiger partial charge in [0.1, 0.15) is 0 Å². The van der Waals surface area contributed by atoms with Crippen molar-refractivity contribution in [2.75, 3.05) is 16.9 Å². The van der Waals surface area contributed by atoms with E-state index >= 15 is 0 Å². The maximum atomic E-state index is 12.6. The summed E-state index contributed by atoms with van der Waals surface area (Å²) in [6.45, 7) is 1.89. The minimum absolute atomic E-state index is 0.0767. The van der Waals surface area contributed by atoms with Gasteiger partial charge in [-0.2, -0.15) is 13.2 Å². The van der Waals surface area contributed by atoms with Crippen LogP contribution in [0.25, 0.3) is 0 Å². The van der Waals surface area contributed by atoms with Crippen LogP contribution in [0.4, 0.5) is 24.7 Å². The Bertz CT molecular complexity index is 1040. The van der Waals surface area contributed by atoms with E-state index in [2.05, 4.69) is 10.4 Å². The third-order valence-corrected chi connectivity index (χ3v) is 5.64. The second-order valence-corrected chi connectivity index (χ2v) is 8.08. The average molecular weight is 435 g/mol. The zero-order valence-electron chi connectivity index (χ0n) is 14.3. The largest absolute Gasteiger partial charge is 0.417 e. The van der Waals surface area contributed by atoms with Gasteiger partial charge in [0, 0.05) is 25.4 Å². The number of rotatable bonds is 4. The summed E-state index contributed by atoms with van der Waals surface area (Å²) in [6.07, 6.45) is -3.57. The molecule has 0 atom stereocenters. The topological polar surface area (TPSA) is 91.4 Å². The Morgan fingerprint density at radius 1 is 1.29 bits per heavy atom. The quantitative estimate of drug-likeness (QED) is 0.722. The van der Waals surface area contributed by atoms with Crippen molar-refractivity contribution in [3.05, 3.63) is 46.6 Å². The highest BCUT2D eigenvalue weighted by atomic mass is 35.5. The third kappa shape index (κ3) is 4.05. The fourth-order valence-electron chi connectivity index (χ4n) is 2.73. The van der Waals surface area contributed by atoms with Crippen LogP contribution < -0.4 is 15.2 Å². The number of hydrogen-bond donors (Lipinski definition) is 2. The Kier molecular flexibility index (Phi) is 5.26. The highest BCUT2D eigenvalue weighted by Gasteiger charge is 2.32. The predicted octanol–water partition coefficient (Wildman–Crippen LogP) is 2.97. The van der Waals surface area contributed by atoms with E-state index in [4.69, 9.17) is 11.6 Å². The average Bonchev–Trinajstić information content (AvgIpc) is 3.03. The molecule has 0 radical (unpaired) electrons. The van der Waals surface area contributed by atoms with Crippen molar-refractivity contribution in [1.29, 1.82) is 0 Å². The van der Waals surface area contributed by atoms with Gasteiger partial charge < -0.3 is 4.90 Å². The fourth-order valence-corrected chi connectivity index (χ4v) is 3.84. The molecule has 0 saturated heterocycles. The van der Waals surface area contributed by atoms with E-state index in [0.29, 0.717) is 36.5 Å². The number of nitrogens with zero attached hydrogens (tertiary/aromatic N) is 2. The number of pyridine rings is 1. The Hall–Kier alpha value is -2.37. The molecule has 0 unspecified atom stereocenters. The van der Waals surface area contributed by atoms with E-state index in [0.717, 1.165) is 0 Å². The summed E-state index contributed by atoms with van der Waals surface area (Å²) in [5, 5.41) is -0.399. The highest BCUT2D eigenvalue weighted by molar-refractivity contribution is 7.89. The molecule has 0 bridgehead atoms. The molecular formula is C16H14ClF3N4O3S. The van der Waals surface area contributed by atoms with E-state index in [1.165, 1.54) is 25.1 Å². The second kappa shape index (κ2) is 7.22. The molecule has 1 aromatic carbocycles. The zero-order valence-corrected chi connectivity index (χ0v) is 15.9. The monoisotopic (exact) mass is 434 g/mol. The van der Waals surface area contributed by atoms with Gasteiger partial charge in [0.25, 0.3) is 10.0 Å². The van der Waals surface area contributed by atoms with Crippen LogP contribution in [0.15, 0.2) is 35.4 Å². The number of hydrazine groups is 1. The van der Waals surface area contributed by atoms with Gasteiger partial charge in [-0.15, -0.1) is 4.83 Å². The van der Waals surface area contributed by atoms with E-state index in [-0.39, 0.29) is 16.6 Å². The first-order valence-electron chi connectivity index (χ1n) is 7.90. The lowest BCUT2D eigenvalue weighted by atomic mass is 10.2. The number of aromatic nitrogens is 1. The summed E-state index contributed by atoms with van der Waals surface area (Å²) in [5.41, 5.74) is 2.50. The molecule has 0 aliphatic carbocycles. The van der Waals surface area contributed by atoms with Gasteiger partial charge in [-0.05, 0) is 36.2 Å². The summed E-state index contributed by atoms with van der Waals surface area (Å²) in [7, 11) is -4.06. The van der Waals surface area contributed by atoms with Crippen molar-refractivity contribution in [3.8, 4) is 0 Å². The minimum atomic E-state index is -4.62. The molecule has 2 aromatic rings. The van der Waals surface area contributed by atoms with Crippen molar-refractivity contribution in [2.24, 2.45) is 0 Å². The van der Waals surface area contributed by atoms with Gasteiger partial charge in [0.2, 0.25) is 5.91 Å². The Morgan fingerprint density at radius 2 is 2.00 bits per heavy atom. The smallest absolute Gasteiger partial charge is 0.312 e. The van der Waals surface area contributed by atoms with Gasteiger partial charge in [-0.1, -0.05) is 11.6 Å². The number of benzene rings is 1. The molecule has 1 amide bonds. The van der Waals surface area contributed by atoms with E-state index in [1.54, 1.807) is 4.90 Å². The van der Waals surface area contributed by atoms with Gasteiger partial charge in [0.15, 0.2) is 5.82 Å². The zero-order chi connectivity index (χ0) is 20.7. The number of carbonyl (C=O) groups is 1. The number of amides is 1. The second-order valence-electron chi connectivity index (χ2n) is 5.99. The first kappa shape index (κ1) is 20.4. The fraction of sp³-hybridized carbons (Fsp3) is 0.250. The van der Waals surface area contributed by atoms with E-state index in [1.807, 2.05) is 4.83 Å². The molecular weight excluding hydrogens is 421 g/mol. The summed E-state index contributed by atoms with van der Waals surface area (Å²) < 4.78 is 62.8. The normalized spacial score (nSPS) is 14.1. The molecule has 1 aromatic heterocycles. The van der Waals surface area contributed by atoms with E-state index < -0.39 is 26.8 Å². The standard InChI is InChI=1S/C16H14ClF3N4O3S/c1-9(25)24-5-4-10-6-12(2-3-14(10)24)28(26,27)23-22-15-13(17)7-11(8-21-15)16(18,19)20/h2-3,6-8,23H,4-5H2,1H3,(H,21,22). The third-order valence-electron chi connectivity index (χ3n) is 4.11. The van der Waals surface area contributed by atoms with Gasteiger partial charge in [-0.3, -0.25) is 10.2 Å². The van der Waals surface area contributed by atoms with Crippen LogP contribution in [0.3, 0.4) is 0 Å². The molecule has 1 aliphatic heterocycles. The lowest BCUT2D eigenvalue weighted by Crippen LogP contribution is -2.30. The van der Waals surface area contributed by atoms with Gasteiger partial charge in [-0.25, -0.2) is 13.4 Å². The summed E-state index contributed by atoms with van der Waals surface area (Å²) in [4.78, 5) is 18.6. The molecule has 150 valence electrons. The van der Waals surface area contributed by atoms with Gasteiger partial charge in [0.05, 0.1) is 15.5 Å². The molecule has 0 spiro atoms. The number of alkyl halides is 3. The summed E-state index contributed by atoms with van der Waals surface area (Å²) in [6, 6.07) is 4.93. The SMILES string of the molecule is CC(=O)N1CCc2cc(S(=O)(=O)NNc3ncc(C(F)(F)F)cc3Cl)ccc21. The number of halogens is 4. The molecule has 0 saturated carbocycles. The van der Waals surface area contributed by atoms with Crippen molar-refractivity contribution >= 4 is 39.0 Å². The van der Waals surface area contributed by atoms with Crippen LogP contribution in [0.2, 0.25) is 5.02 Å². The summed E-state index contributed by atoms with van der Waals surface area (Å²) in [5.74, 6) is -0.417. The maximum Gasteiger partial charge on any atom is 0.417 e. The number of nitrogens with one attached hydrogen (secondary N) is 2.